The second-order valence-electron chi connectivity index (χ2n) is 9.60. The molecule has 0 aliphatic carbocycles. The van der Waals surface area contributed by atoms with E-state index in [1.165, 1.54) is 0 Å². The molecule has 1 aromatic carbocycles. The van der Waals surface area contributed by atoms with Crippen molar-refractivity contribution >= 4 is 17.5 Å². The number of hydrogen-bond donors (Lipinski definition) is 2. The van der Waals surface area contributed by atoms with Gasteiger partial charge >= 0.3 is 0 Å². The molecule has 194 valence electrons. The normalized spacial score (nSPS) is 15.1. The van der Waals surface area contributed by atoms with Gasteiger partial charge < -0.3 is 16.0 Å². The molecule has 3 N–H and O–H groups in total. The van der Waals surface area contributed by atoms with Gasteiger partial charge in [0.1, 0.15) is 11.9 Å². The molecular weight excluding hydrogens is 478 g/mol. The van der Waals surface area contributed by atoms with E-state index in [9.17, 15) is 9.59 Å². The van der Waals surface area contributed by atoms with E-state index in [1.807, 2.05) is 61.3 Å². The molecule has 0 bridgehead atoms. The Morgan fingerprint density at radius 3 is 2.66 bits per heavy atom. The van der Waals surface area contributed by atoms with Crippen LogP contribution in [0.25, 0.3) is 0 Å². The molecule has 4 aromatic rings. The fourth-order valence-electron chi connectivity index (χ4n) is 5.04. The van der Waals surface area contributed by atoms with Gasteiger partial charge in [-0.25, -0.2) is 9.97 Å². The van der Waals surface area contributed by atoms with Crippen LogP contribution in [0.3, 0.4) is 0 Å². The topological polar surface area (TPSA) is 119 Å². The quantitative estimate of drug-likeness (QED) is 0.375. The molecule has 1 amide bonds. The monoisotopic (exact) mass is 509 g/mol. The Bertz CT molecular complexity index is 1450. The second kappa shape index (κ2) is 10.8. The molecule has 1 aliphatic rings. The number of fused-ring (bicyclic) bond motifs is 1. The average molecular weight is 510 g/mol. The molecule has 2 atom stereocenters. The van der Waals surface area contributed by atoms with E-state index in [4.69, 9.17) is 5.73 Å². The van der Waals surface area contributed by atoms with Crippen molar-refractivity contribution in [3.63, 3.8) is 0 Å². The highest BCUT2D eigenvalue weighted by Crippen LogP contribution is 2.27. The molecule has 3 aromatic heterocycles. The van der Waals surface area contributed by atoms with E-state index in [-0.39, 0.29) is 17.4 Å². The number of aryl methyl sites for hydroxylation is 2. The number of pyridine rings is 2. The van der Waals surface area contributed by atoms with Crippen molar-refractivity contribution in [1.82, 2.24) is 24.8 Å². The fraction of sp³-hybridized carbons (Fsp3) is 0.276. The first-order valence-corrected chi connectivity index (χ1v) is 12.7. The Morgan fingerprint density at radius 2 is 1.92 bits per heavy atom. The predicted molar refractivity (Wildman–Crippen MR) is 147 cm³/mol. The largest absolute Gasteiger partial charge is 0.384 e. The number of carbonyl (C=O) groups is 1. The zero-order valence-corrected chi connectivity index (χ0v) is 21.5. The third kappa shape index (κ3) is 5.13. The van der Waals surface area contributed by atoms with Crippen LogP contribution in [0.4, 0.5) is 11.6 Å². The summed E-state index contributed by atoms with van der Waals surface area (Å²) in [6, 6.07) is 18.9. The molecule has 0 saturated carbocycles. The lowest BCUT2D eigenvalue weighted by Gasteiger charge is -2.25. The minimum atomic E-state index is -0.588. The van der Waals surface area contributed by atoms with Crippen LogP contribution in [0, 0.1) is 6.92 Å². The fourth-order valence-corrected chi connectivity index (χ4v) is 5.04. The molecule has 38 heavy (non-hydrogen) atoms. The van der Waals surface area contributed by atoms with E-state index in [0.717, 1.165) is 28.2 Å². The Hall–Kier alpha value is -4.53. The number of nitrogen functional groups attached to an aromatic ring is 1. The Labute approximate surface area is 221 Å². The minimum Gasteiger partial charge on any atom is -0.384 e. The highest BCUT2D eigenvalue weighted by molar-refractivity contribution is 5.81. The molecule has 0 fully saturated rings. The van der Waals surface area contributed by atoms with Crippen LogP contribution in [-0.2, 0) is 17.8 Å². The van der Waals surface area contributed by atoms with E-state index in [2.05, 4.69) is 32.4 Å². The maximum Gasteiger partial charge on any atom is 0.294 e. The second-order valence-corrected chi connectivity index (χ2v) is 9.60. The lowest BCUT2D eigenvalue weighted by Crippen LogP contribution is -2.39. The first-order chi connectivity index (χ1) is 18.4. The summed E-state index contributed by atoms with van der Waals surface area (Å²) in [5.74, 6) is 0.495. The van der Waals surface area contributed by atoms with Crippen LogP contribution in [-0.4, -0.2) is 39.0 Å². The molecule has 0 spiro atoms. The number of aromatic nitrogens is 4. The van der Waals surface area contributed by atoms with Gasteiger partial charge in [-0.15, -0.1) is 0 Å². The number of nitrogens with zero attached hydrogens (tertiary/aromatic N) is 5. The summed E-state index contributed by atoms with van der Waals surface area (Å²) < 4.78 is 1.60. The Kier molecular flexibility index (Phi) is 7.17. The summed E-state index contributed by atoms with van der Waals surface area (Å²) in [5, 5.41) is 2.97. The molecule has 9 heteroatoms. The first-order valence-electron chi connectivity index (χ1n) is 12.7. The lowest BCUT2D eigenvalue weighted by molar-refractivity contribution is -0.124. The lowest BCUT2D eigenvalue weighted by atomic mass is 9.94. The Morgan fingerprint density at radius 1 is 1.13 bits per heavy atom. The van der Waals surface area contributed by atoms with Gasteiger partial charge in [0.15, 0.2) is 5.82 Å². The van der Waals surface area contributed by atoms with Crippen molar-refractivity contribution in [1.29, 1.82) is 0 Å². The van der Waals surface area contributed by atoms with Crippen molar-refractivity contribution in [3.05, 3.63) is 112 Å². The molecule has 5 rings (SSSR count). The number of benzene rings is 1. The van der Waals surface area contributed by atoms with Crippen LogP contribution in [0.5, 0.6) is 0 Å². The Balaban J connectivity index is 1.37. The summed E-state index contributed by atoms with van der Waals surface area (Å²) in [5.41, 5.74) is 9.91. The van der Waals surface area contributed by atoms with Crippen molar-refractivity contribution in [3.8, 4) is 0 Å². The highest BCUT2D eigenvalue weighted by Gasteiger charge is 2.31. The minimum absolute atomic E-state index is 0.0577. The summed E-state index contributed by atoms with van der Waals surface area (Å²) in [7, 11) is 1.86. The number of carbonyl (C=O) groups excluding carboxylic acids is 1. The standard InChI is InChI=1S/C29H31N7O2/c1-19-21(11-14-26(30)34-19)16-33-28(37)25-13-12-22-17-32-27(29(38)36(22)25)35(2)18-23(20-8-4-3-5-9-20)24-10-6-7-15-31-24/h3-11,14-15,17,23,25H,12-13,16,18H2,1-2H3,(H2,30,34)(H,33,37)/t23?,25-/m0/s1. The third-order valence-electron chi connectivity index (χ3n) is 7.08. The van der Waals surface area contributed by atoms with E-state index >= 15 is 0 Å². The summed E-state index contributed by atoms with van der Waals surface area (Å²) >= 11 is 0. The van der Waals surface area contributed by atoms with Crippen LogP contribution >= 0.6 is 0 Å². The maximum absolute atomic E-state index is 13.7. The van der Waals surface area contributed by atoms with Crippen LogP contribution < -0.4 is 21.5 Å². The molecule has 0 radical (unpaired) electrons. The smallest absolute Gasteiger partial charge is 0.294 e. The number of nitrogens with one attached hydrogen (secondary N) is 1. The number of amides is 1. The van der Waals surface area contributed by atoms with Crippen LogP contribution in [0.1, 0.15) is 46.6 Å². The molecule has 0 saturated heterocycles. The van der Waals surface area contributed by atoms with Gasteiger partial charge in [-0.2, -0.15) is 0 Å². The number of anilines is 2. The number of rotatable bonds is 8. The molecular formula is C29H31N7O2. The summed E-state index contributed by atoms with van der Waals surface area (Å²) in [6.07, 6.45) is 4.66. The molecule has 1 aliphatic heterocycles. The molecule has 9 nitrogen and oxygen atoms in total. The third-order valence-corrected chi connectivity index (χ3v) is 7.08. The summed E-state index contributed by atoms with van der Waals surface area (Å²) in [6.45, 7) is 2.68. The van der Waals surface area contributed by atoms with Crippen LogP contribution in [0.2, 0.25) is 0 Å². The van der Waals surface area contributed by atoms with E-state index in [1.54, 1.807) is 23.0 Å². The van der Waals surface area contributed by atoms with Gasteiger partial charge in [-0.05, 0) is 49.1 Å². The number of hydrogen-bond acceptors (Lipinski definition) is 7. The number of nitrogens with two attached hydrogens (primary N) is 1. The zero-order chi connectivity index (χ0) is 26.6. The molecule has 1 unspecified atom stereocenters. The number of likely N-dealkylation sites (N-methyl/N-ethyl adjacent to an activating group) is 1. The van der Waals surface area contributed by atoms with Crippen molar-refractivity contribution < 1.29 is 4.79 Å². The van der Waals surface area contributed by atoms with Crippen molar-refractivity contribution in [2.24, 2.45) is 0 Å². The maximum atomic E-state index is 13.7. The van der Waals surface area contributed by atoms with Gasteiger partial charge in [0.05, 0.1) is 0 Å². The van der Waals surface area contributed by atoms with Gasteiger partial charge in [-0.1, -0.05) is 42.5 Å². The van der Waals surface area contributed by atoms with Gasteiger partial charge in [0.25, 0.3) is 5.56 Å². The highest BCUT2D eigenvalue weighted by atomic mass is 16.2. The van der Waals surface area contributed by atoms with Crippen molar-refractivity contribution in [2.75, 3.05) is 24.2 Å². The van der Waals surface area contributed by atoms with Crippen LogP contribution in [0.15, 0.2) is 77.9 Å². The van der Waals surface area contributed by atoms with Gasteiger partial charge in [-0.3, -0.25) is 19.1 Å². The SMILES string of the molecule is Cc1nc(N)ccc1CNC(=O)[C@@H]1CCc2cnc(N(C)CC(c3ccccc3)c3ccccn3)c(=O)n21. The van der Waals surface area contributed by atoms with Crippen molar-refractivity contribution in [2.45, 2.75) is 38.3 Å². The molecule has 4 heterocycles. The zero-order valence-electron chi connectivity index (χ0n) is 21.5. The summed E-state index contributed by atoms with van der Waals surface area (Å²) in [4.78, 5) is 42.1. The average Bonchev–Trinajstić information content (AvgIpc) is 3.37. The first kappa shape index (κ1) is 25.1. The van der Waals surface area contributed by atoms with E-state index in [0.29, 0.717) is 37.6 Å². The van der Waals surface area contributed by atoms with Gasteiger partial charge in [0.2, 0.25) is 5.91 Å². The van der Waals surface area contributed by atoms with Gasteiger partial charge in [0, 0.05) is 55.5 Å². The predicted octanol–water partition coefficient (Wildman–Crippen LogP) is 3.00. The van der Waals surface area contributed by atoms with E-state index < -0.39 is 6.04 Å².